The van der Waals surface area contributed by atoms with Crippen LogP contribution in [-0.4, -0.2) is 40.1 Å². The van der Waals surface area contributed by atoms with Gasteiger partial charge in [0.1, 0.15) is 23.8 Å². The minimum Gasteiger partial charge on any atom is -0.507 e. The second kappa shape index (κ2) is 7.20. The van der Waals surface area contributed by atoms with E-state index in [-0.39, 0.29) is 23.5 Å². The molecule has 1 aliphatic carbocycles. The average molecular weight is 460 g/mol. The molecule has 8 heteroatoms. The van der Waals surface area contributed by atoms with Gasteiger partial charge < -0.3 is 24.3 Å². The van der Waals surface area contributed by atoms with E-state index in [4.69, 9.17) is 26.2 Å². The van der Waals surface area contributed by atoms with Crippen LogP contribution in [0.25, 0.3) is 16.6 Å². The fourth-order valence-corrected chi connectivity index (χ4v) is 5.24. The first-order valence-electron chi connectivity index (χ1n) is 10.4. The van der Waals surface area contributed by atoms with Crippen LogP contribution < -0.4 is 0 Å². The van der Waals surface area contributed by atoms with Gasteiger partial charge in [0.15, 0.2) is 0 Å². The molecular formula is C24H23ClFNO5. The van der Waals surface area contributed by atoms with Crippen molar-refractivity contribution in [3.8, 4) is 11.4 Å². The largest absolute Gasteiger partial charge is 0.507 e. The molecule has 1 spiro atoms. The summed E-state index contributed by atoms with van der Waals surface area (Å²) < 4.78 is 27.8. The summed E-state index contributed by atoms with van der Waals surface area (Å²) >= 11 is 6.11. The van der Waals surface area contributed by atoms with Crippen molar-refractivity contribution in [1.82, 2.24) is 4.57 Å². The van der Waals surface area contributed by atoms with Crippen LogP contribution in [0.15, 0.2) is 36.4 Å². The normalized spacial score (nSPS) is 23.8. The average Bonchev–Trinajstić information content (AvgIpc) is 3.06. The molecule has 1 aromatic heterocycles. The highest BCUT2D eigenvalue weighted by Gasteiger charge is 2.56. The summed E-state index contributed by atoms with van der Waals surface area (Å²) in [7, 11) is 0. The number of hydrogen-bond acceptors (Lipinski definition) is 4. The molecule has 2 aromatic carbocycles. The molecule has 2 heterocycles. The van der Waals surface area contributed by atoms with Crippen LogP contribution in [0.5, 0.6) is 5.75 Å². The van der Waals surface area contributed by atoms with Crippen molar-refractivity contribution in [3.63, 3.8) is 0 Å². The first-order chi connectivity index (χ1) is 15.1. The molecule has 2 aliphatic rings. The smallest absolute Gasteiger partial charge is 0.329 e. The molecule has 2 N–H and O–H groups in total. The maximum atomic E-state index is 13.9. The lowest BCUT2D eigenvalue weighted by Gasteiger charge is -2.52. The lowest BCUT2D eigenvalue weighted by atomic mass is 9.67. The summed E-state index contributed by atoms with van der Waals surface area (Å²) in [4.78, 5) is 10.9. The van der Waals surface area contributed by atoms with Gasteiger partial charge in [-0.05, 0) is 30.3 Å². The molecule has 0 saturated heterocycles. The van der Waals surface area contributed by atoms with Crippen LogP contribution in [0, 0.1) is 5.82 Å². The fraction of sp³-hybridized carbons (Fsp3) is 0.375. The Bertz CT molecular complexity index is 1240. The third-order valence-electron chi connectivity index (χ3n) is 6.50. The highest BCUT2D eigenvalue weighted by Crippen LogP contribution is 2.57. The van der Waals surface area contributed by atoms with Crippen molar-refractivity contribution in [2.24, 2.45) is 0 Å². The van der Waals surface area contributed by atoms with E-state index >= 15 is 0 Å². The number of benzene rings is 2. The molecule has 3 aromatic rings. The Morgan fingerprint density at radius 3 is 2.75 bits per heavy atom. The summed E-state index contributed by atoms with van der Waals surface area (Å²) in [5.74, 6) is -1.39. The summed E-state index contributed by atoms with van der Waals surface area (Å²) in [6.07, 6.45) is 0.729. The number of carboxylic acid groups (broad SMARTS) is 1. The van der Waals surface area contributed by atoms with E-state index in [1.54, 1.807) is 24.3 Å². The van der Waals surface area contributed by atoms with Gasteiger partial charge in [0.2, 0.25) is 0 Å². The van der Waals surface area contributed by atoms with Gasteiger partial charge in [-0.3, -0.25) is 0 Å². The molecular weight excluding hydrogens is 437 g/mol. The second-order valence-electron chi connectivity index (χ2n) is 9.23. The van der Waals surface area contributed by atoms with E-state index in [2.05, 4.69) is 13.8 Å². The SMILES string of the molecule is CC1(C)CO[C@]2(C[C@H](OCC(=O)O)C2)c2c1n(-c1ccc(F)c(Cl)c1)c1cccc(O)c12. The maximum absolute atomic E-state index is 13.9. The minimum absolute atomic E-state index is 0.0172. The zero-order valence-corrected chi connectivity index (χ0v) is 18.4. The van der Waals surface area contributed by atoms with Crippen LogP contribution in [0.4, 0.5) is 4.39 Å². The first-order valence-corrected chi connectivity index (χ1v) is 10.8. The number of rotatable bonds is 4. The Balaban J connectivity index is 1.74. The van der Waals surface area contributed by atoms with Gasteiger partial charge in [0.25, 0.3) is 0 Å². The molecule has 1 fully saturated rings. The monoisotopic (exact) mass is 459 g/mol. The van der Waals surface area contributed by atoms with Crippen molar-refractivity contribution in [1.29, 1.82) is 0 Å². The predicted molar refractivity (Wildman–Crippen MR) is 117 cm³/mol. The quantitative estimate of drug-likeness (QED) is 0.580. The van der Waals surface area contributed by atoms with Gasteiger partial charge in [-0.25, -0.2) is 9.18 Å². The minimum atomic E-state index is -1.01. The number of nitrogens with zero attached hydrogens (tertiary/aromatic N) is 1. The van der Waals surface area contributed by atoms with E-state index in [1.807, 2.05) is 10.6 Å². The number of aromatic hydroxyl groups is 1. The number of carbonyl (C=O) groups is 1. The molecule has 0 atom stereocenters. The summed E-state index contributed by atoms with van der Waals surface area (Å²) in [6.45, 7) is 4.19. The molecule has 0 unspecified atom stereocenters. The van der Waals surface area contributed by atoms with Gasteiger partial charge in [0, 0.05) is 40.6 Å². The van der Waals surface area contributed by atoms with Crippen LogP contribution >= 0.6 is 11.6 Å². The first kappa shape index (κ1) is 21.2. The van der Waals surface area contributed by atoms with E-state index in [1.165, 1.54) is 6.07 Å². The molecule has 0 radical (unpaired) electrons. The number of phenols is 1. The van der Waals surface area contributed by atoms with E-state index in [0.717, 1.165) is 16.8 Å². The maximum Gasteiger partial charge on any atom is 0.329 e. The number of halogens is 2. The number of fused-ring (bicyclic) bond motifs is 4. The van der Waals surface area contributed by atoms with Gasteiger partial charge in [0.05, 0.1) is 23.3 Å². The van der Waals surface area contributed by atoms with Gasteiger partial charge in [-0.1, -0.05) is 31.5 Å². The van der Waals surface area contributed by atoms with Crippen molar-refractivity contribution < 1.29 is 28.9 Å². The molecule has 6 nitrogen and oxygen atoms in total. The van der Waals surface area contributed by atoms with Crippen molar-refractivity contribution in [2.75, 3.05) is 13.2 Å². The number of ether oxygens (including phenoxy) is 2. The zero-order valence-electron chi connectivity index (χ0n) is 17.7. The molecule has 0 amide bonds. The fourth-order valence-electron chi connectivity index (χ4n) is 5.06. The highest BCUT2D eigenvalue weighted by atomic mass is 35.5. The van der Waals surface area contributed by atoms with Crippen LogP contribution in [0.3, 0.4) is 0 Å². The third-order valence-corrected chi connectivity index (χ3v) is 6.79. The van der Waals surface area contributed by atoms with E-state index in [0.29, 0.717) is 30.5 Å². The Morgan fingerprint density at radius 1 is 1.31 bits per heavy atom. The Hall–Kier alpha value is -2.61. The Morgan fingerprint density at radius 2 is 2.06 bits per heavy atom. The topological polar surface area (TPSA) is 80.9 Å². The summed E-state index contributed by atoms with van der Waals surface area (Å²) in [5.41, 5.74) is 2.18. The van der Waals surface area contributed by atoms with Crippen molar-refractivity contribution in [2.45, 2.75) is 43.8 Å². The zero-order chi connectivity index (χ0) is 22.8. The molecule has 1 aliphatic heterocycles. The molecule has 5 rings (SSSR count). The summed E-state index contributed by atoms with van der Waals surface area (Å²) in [6, 6.07) is 9.90. The Kier molecular flexibility index (Phi) is 4.78. The highest BCUT2D eigenvalue weighted by molar-refractivity contribution is 6.30. The second-order valence-corrected chi connectivity index (χ2v) is 9.64. The van der Waals surface area contributed by atoms with Crippen LogP contribution in [-0.2, 0) is 25.3 Å². The number of aromatic nitrogens is 1. The molecule has 32 heavy (non-hydrogen) atoms. The number of phenolic OH excluding ortho intramolecular Hbond substituents is 1. The van der Waals surface area contributed by atoms with Gasteiger partial charge in [-0.2, -0.15) is 0 Å². The summed E-state index contributed by atoms with van der Waals surface area (Å²) in [5, 5.41) is 20.5. The van der Waals surface area contributed by atoms with Gasteiger partial charge in [-0.15, -0.1) is 0 Å². The number of hydrogen-bond donors (Lipinski definition) is 2. The predicted octanol–water partition coefficient (Wildman–Crippen LogP) is 4.90. The molecule has 0 bridgehead atoms. The Labute approximate surface area is 189 Å². The van der Waals surface area contributed by atoms with Gasteiger partial charge >= 0.3 is 5.97 Å². The van der Waals surface area contributed by atoms with Crippen LogP contribution in [0.2, 0.25) is 5.02 Å². The third kappa shape index (κ3) is 3.10. The van der Waals surface area contributed by atoms with E-state index < -0.39 is 22.8 Å². The number of carboxylic acids is 1. The van der Waals surface area contributed by atoms with E-state index in [9.17, 15) is 14.3 Å². The lowest BCUT2D eigenvalue weighted by molar-refractivity contribution is -0.198. The number of aliphatic carboxylic acids is 1. The standard InChI is InChI=1S/C24H23ClFNO5/c1-23(2)12-32-24(9-14(10-24)31-11-19(29)30)21-20-17(4-3-5-18(20)28)27(22(21)23)13-6-7-16(26)15(25)8-13/h3-8,14,28H,9-12H2,1-2H3,(H,29,30)/t14-,24-. The lowest BCUT2D eigenvalue weighted by Crippen LogP contribution is -2.54. The van der Waals surface area contributed by atoms with Crippen LogP contribution in [0.1, 0.15) is 37.9 Å². The van der Waals surface area contributed by atoms with Crippen molar-refractivity contribution >= 4 is 28.5 Å². The molecule has 1 saturated carbocycles. The molecule has 168 valence electrons. The van der Waals surface area contributed by atoms with Crippen molar-refractivity contribution in [3.05, 3.63) is 58.5 Å².